The van der Waals surface area contributed by atoms with Crippen molar-refractivity contribution in [3.05, 3.63) is 22.7 Å². The summed E-state index contributed by atoms with van der Waals surface area (Å²) in [5.74, 6) is 0.655. The molecule has 5 nitrogen and oxygen atoms in total. The van der Waals surface area contributed by atoms with E-state index in [-0.39, 0.29) is 5.56 Å². The maximum Gasteiger partial charge on any atom is 0.252 e. The van der Waals surface area contributed by atoms with Gasteiger partial charge >= 0.3 is 0 Å². The number of aromatic nitrogens is 2. The Morgan fingerprint density at radius 3 is 3.25 bits per heavy atom. The molecule has 1 aromatic rings. The van der Waals surface area contributed by atoms with Crippen LogP contribution < -0.4 is 10.9 Å². The van der Waals surface area contributed by atoms with Crippen molar-refractivity contribution in [2.24, 2.45) is 0 Å². The molecule has 1 aliphatic rings. The summed E-state index contributed by atoms with van der Waals surface area (Å²) < 4.78 is 0. The molecule has 0 radical (unpaired) electrons. The number of nitrogens with zero attached hydrogens (tertiary/aromatic N) is 2. The second-order valence-corrected chi connectivity index (χ2v) is 4.31. The third-order valence-electron chi connectivity index (χ3n) is 3.12. The molecular weight excluding hydrogens is 204 g/mol. The number of likely N-dealkylation sites (tertiary alicyclic amines) is 1. The van der Waals surface area contributed by atoms with Crippen molar-refractivity contribution >= 4 is 5.82 Å². The molecule has 88 valence electrons. The summed E-state index contributed by atoms with van der Waals surface area (Å²) >= 11 is 0. The summed E-state index contributed by atoms with van der Waals surface area (Å²) in [4.78, 5) is 20.0. The molecule has 2 rings (SSSR count). The number of piperidine rings is 1. The second kappa shape index (κ2) is 5.12. The topological polar surface area (TPSA) is 61.0 Å². The number of H-pyrrole nitrogens is 1. The lowest BCUT2D eigenvalue weighted by molar-refractivity contribution is 0.194. The Labute approximate surface area is 94.9 Å². The molecule has 1 aliphatic heterocycles. The van der Waals surface area contributed by atoms with Crippen LogP contribution in [0, 0.1) is 0 Å². The first kappa shape index (κ1) is 11.1. The van der Waals surface area contributed by atoms with E-state index in [1.165, 1.54) is 31.7 Å². The molecule has 1 unspecified atom stereocenters. The predicted molar refractivity (Wildman–Crippen MR) is 63.6 cm³/mol. The summed E-state index contributed by atoms with van der Waals surface area (Å²) in [6.45, 7) is 2.02. The van der Waals surface area contributed by atoms with Gasteiger partial charge in [-0.25, -0.2) is 4.98 Å². The van der Waals surface area contributed by atoms with E-state index in [9.17, 15) is 4.79 Å². The SMILES string of the molecule is CN1CCCCC1CNc1cc(=O)[nH]cn1. The normalized spacial score (nSPS) is 21.9. The van der Waals surface area contributed by atoms with Gasteiger partial charge in [0.2, 0.25) is 0 Å². The van der Waals surface area contributed by atoms with Crippen molar-refractivity contribution in [3.8, 4) is 0 Å². The van der Waals surface area contributed by atoms with Crippen LogP contribution in [0.25, 0.3) is 0 Å². The van der Waals surface area contributed by atoms with Gasteiger partial charge in [0.15, 0.2) is 0 Å². The van der Waals surface area contributed by atoms with Crippen molar-refractivity contribution in [1.29, 1.82) is 0 Å². The molecule has 0 aliphatic carbocycles. The monoisotopic (exact) mass is 222 g/mol. The average molecular weight is 222 g/mol. The highest BCUT2D eigenvalue weighted by Crippen LogP contribution is 2.14. The molecule has 1 fully saturated rings. The maximum absolute atomic E-state index is 11.1. The fourth-order valence-corrected chi connectivity index (χ4v) is 2.09. The molecule has 0 amide bonds. The zero-order valence-corrected chi connectivity index (χ0v) is 9.57. The van der Waals surface area contributed by atoms with E-state index in [0.29, 0.717) is 11.9 Å². The minimum atomic E-state index is -0.116. The van der Waals surface area contributed by atoms with Gasteiger partial charge in [0, 0.05) is 18.7 Å². The van der Waals surface area contributed by atoms with E-state index in [0.717, 1.165) is 13.1 Å². The molecule has 1 atom stereocenters. The fraction of sp³-hybridized carbons (Fsp3) is 0.636. The zero-order chi connectivity index (χ0) is 11.4. The third-order valence-corrected chi connectivity index (χ3v) is 3.12. The van der Waals surface area contributed by atoms with E-state index in [4.69, 9.17) is 0 Å². The van der Waals surface area contributed by atoms with E-state index in [1.807, 2.05) is 0 Å². The fourth-order valence-electron chi connectivity index (χ4n) is 2.09. The molecule has 1 saturated heterocycles. The van der Waals surface area contributed by atoms with Gasteiger partial charge in [-0.05, 0) is 26.4 Å². The summed E-state index contributed by atoms with van der Waals surface area (Å²) in [6, 6.07) is 2.04. The highest BCUT2D eigenvalue weighted by Gasteiger charge is 2.18. The Hall–Kier alpha value is -1.36. The molecule has 0 saturated carbocycles. The van der Waals surface area contributed by atoms with Crippen LogP contribution in [0.4, 0.5) is 5.82 Å². The van der Waals surface area contributed by atoms with Crippen molar-refractivity contribution in [3.63, 3.8) is 0 Å². The van der Waals surface area contributed by atoms with Crippen LogP contribution >= 0.6 is 0 Å². The van der Waals surface area contributed by atoms with Crippen LogP contribution in [0.3, 0.4) is 0 Å². The first-order chi connectivity index (χ1) is 7.75. The Balaban J connectivity index is 1.89. The highest BCUT2D eigenvalue weighted by atomic mass is 16.1. The van der Waals surface area contributed by atoms with Crippen LogP contribution in [0.1, 0.15) is 19.3 Å². The van der Waals surface area contributed by atoms with E-state index in [2.05, 4.69) is 27.2 Å². The van der Waals surface area contributed by atoms with Gasteiger partial charge in [0.05, 0.1) is 6.33 Å². The van der Waals surface area contributed by atoms with Crippen LogP contribution in [-0.4, -0.2) is 41.0 Å². The Morgan fingerprint density at radius 2 is 2.50 bits per heavy atom. The lowest BCUT2D eigenvalue weighted by atomic mass is 10.0. The van der Waals surface area contributed by atoms with Gasteiger partial charge in [-0.15, -0.1) is 0 Å². The van der Waals surface area contributed by atoms with Crippen LogP contribution in [0.15, 0.2) is 17.2 Å². The molecule has 2 N–H and O–H groups in total. The first-order valence-electron chi connectivity index (χ1n) is 5.74. The summed E-state index contributed by atoms with van der Waals surface area (Å²) in [5, 5.41) is 3.21. The predicted octanol–water partition coefficient (Wildman–Crippen LogP) is 0.666. The van der Waals surface area contributed by atoms with Crippen molar-refractivity contribution < 1.29 is 0 Å². The molecule has 16 heavy (non-hydrogen) atoms. The molecule has 5 heteroatoms. The summed E-state index contributed by atoms with van der Waals surface area (Å²) in [7, 11) is 2.15. The van der Waals surface area contributed by atoms with Crippen LogP contribution in [0.5, 0.6) is 0 Å². The van der Waals surface area contributed by atoms with Gasteiger partial charge in [-0.2, -0.15) is 0 Å². The quantitative estimate of drug-likeness (QED) is 0.789. The van der Waals surface area contributed by atoms with Crippen molar-refractivity contribution in [1.82, 2.24) is 14.9 Å². The number of aromatic amines is 1. The van der Waals surface area contributed by atoms with E-state index in [1.54, 1.807) is 0 Å². The number of likely N-dealkylation sites (N-methyl/N-ethyl adjacent to an activating group) is 1. The number of nitrogens with one attached hydrogen (secondary N) is 2. The van der Waals surface area contributed by atoms with Gasteiger partial charge < -0.3 is 15.2 Å². The molecule has 0 bridgehead atoms. The standard InChI is InChI=1S/C11H18N4O/c1-15-5-3-2-4-9(15)7-12-10-6-11(16)14-8-13-10/h6,8-9H,2-5,7H2,1H3,(H2,12,13,14,16). The number of rotatable bonds is 3. The van der Waals surface area contributed by atoms with Crippen molar-refractivity contribution in [2.75, 3.05) is 25.5 Å². The summed E-state index contributed by atoms with van der Waals surface area (Å²) in [6.07, 6.45) is 5.22. The lowest BCUT2D eigenvalue weighted by Crippen LogP contribution is -2.40. The smallest absolute Gasteiger partial charge is 0.252 e. The lowest BCUT2D eigenvalue weighted by Gasteiger charge is -2.32. The van der Waals surface area contributed by atoms with Gasteiger partial charge in [-0.1, -0.05) is 6.42 Å². The molecule has 0 spiro atoms. The molecular formula is C11H18N4O. The number of hydrogen-bond donors (Lipinski definition) is 2. The minimum Gasteiger partial charge on any atom is -0.368 e. The maximum atomic E-state index is 11.1. The molecule has 1 aromatic heterocycles. The van der Waals surface area contributed by atoms with Crippen molar-refractivity contribution in [2.45, 2.75) is 25.3 Å². The van der Waals surface area contributed by atoms with E-state index >= 15 is 0 Å². The van der Waals surface area contributed by atoms with E-state index < -0.39 is 0 Å². The minimum absolute atomic E-state index is 0.116. The molecule has 0 aromatic carbocycles. The number of hydrogen-bond acceptors (Lipinski definition) is 4. The highest BCUT2D eigenvalue weighted by molar-refractivity contribution is 5.31. The Morgan fingerprint density at radius 1 is 1.62 bits per heavy atom. The Bertz CT molecular complexity index is 390. The van der Waals surface area contributed by atoms with Gasteiger partial charge in [-0.3, -0.25) is 4.79 Å². The Kier molecular flexibility index (Phi) is 3.56. The van der Waals surface area contributed by atoms with Crippen LogP contribution in [-0.2, 0) is 0 Å². The zero-order valence-electron chi connectivity index (χ0n) is 9.57. The second-order valence-electron chi connectivity index (χ2n) is 4.31. The third kappa shape index (κ3) is 2.82. The van der Waals surface area contributed by atoms with Crippen LogP contribution in [0.2, 0.25) is 0 Å². The molecule has 2 heterocycles. The largest absolute Gasteiger partial charge is 0.368 e. The average Bonchev–Trinajstić information content (AvgIpc) is 2.28. The first-order valence-corrected chi connectivity index (χ1v) is 5.74. The summed E-state index contributed by atoms with van der Waals surface area (Å²) in [5.41, 5.74) is -0.116. The van der Waals surface area contributed by atoms with Gasteiger partial charge in [0.25, 0.3) is 5.56 Å². The number of anilines is 1. The van der Waals surface area contributed by atoms with Gasteiger partial charge in [0.1, 0.15) is 5.82 Å².